The highest BCUT2D eigenvalue weighted by Crippen LogP contribution is 2.47. The van der Waals surface area contributed by atoms with E-state index in [2.05, 4.69) is 10.3 Å². The van der Waals surface area contributed by atoms with E-state index in [0.29, 0.717) is 11.4 Å². The minimum Gasteiger partial charge on any atom is -0.489 e. The summed E-state index contributed by atoms with van der Waals surface area (Å²) in [6.45, 7) is 0.536. The minimum atomic E-state index is -4.66. The van der Waals surface area contributed by atoms with Crippen molar-refractivity contribution in [2.75, 3.05) is 18.6 Å². The lowest BCUT2D eigenvalue weighted by atomic mass is 9.94. The number of benzene rings is 1. The average molecular weight is 421 g/mol. The van der Waals surface area contributed by atoms with Crippen LogP contribution in [0.3, 0.4) is 0 Å². The molecule has 0 aliphatic carbocycles. The largest absolute Gasteiger partial charge is 0.489 e. The lowest BCUT2D eigenvalue weighted by Gasteiger charge is -2.27. The molecule has 2 aromatic rings. The van der Waals surface area contributed by atoms with Gasteiger partial charge in [0.1, 0.15) is 24.1 Å². The topological polar surface area (TPSA) is 80.8 Å². The Bertz CT molecular complexity index is 1030. The third-order valence-electron chi connectivity index (χ3n) is 5.36. The number of halogens is 3. The molecular formula is C20H18F3N3O4. The fraction of sp³-hybridized carbons (Fsp3) is 0.350. The number of alkyl halides is 3. The number of hydrogen-bond acceptors (Lipinski definition) is 5. The molecule has 3 heterocycles. The number of carbonyl (C=O) groups is 2. The standard InChI is InChI=1S/C20H18F3N3O4/c1-19(20(21,22)23)12-7-13(24-8-11(12)9-30-19)17(27)25-14-10-29-16-6-4-3-5-15(16)26(2)18(14)28/h3-8,14H,9-10H2,1-2H3,(H,25,27)/t14?,19-/m1/s1. The summed E-state index contributed by atoms with van der Waals surface area (Å²) < 4.78 is 51.0. The van der Waals surface area contributed by atoms with Gasteiger partial charge in [-0.2, -0.15) is 13.2 Å². The molecule has 158 valence electrons. The Morgan fingerprint density at radius 3 is 2.80 bits per heavy atom. The zero-order valence-electron chi connectivity index (χ0n) is 16.1. The van der Waals surface area contributed by atoms with E-state index in [1.165, 1.54) is 11.1 Å². The van der Waals surface area contributed by atoms with Crippen LogP contribution >= 0.6 is 0 Å². The molecule has 0 fully saturated rings. The monoisotopic (exact) mass is 421 g/mol. The predicted molar refractivity (Wildman–Crippen MR) is 99.0 cm³/mol. The van der Waals surface area contributed by atoms with Crippen molar-refractivity contribution in [2.24, 2.45) is 0 Å². The van der Waals surface area contributed by atoms with Crippen LogP contribution in [0.5, 0.6) is 5.75 Å². The highest BCUT2D eigenvalue weighted by molar-refractivity contribution is 6.02. The van der Waals surface area contributed by atoms with E-state index in [1.54, 1.807) is 31.3 Å². The summed E-state index contributed by atoms with van der Waals surface area (Å²) >= 11 is 0. The summed E-state index contributed by atoms with van der Waals surface area (Å²) in [4.78, 5) is 30.7. The molecule has 2 aliphatic heterocycles. The molecular weight excluding hydrogens is 403 g/mol. The quantitative estimate of drug-likeness (QED) is 0.806. The van der Waals surface area contributed by atoms with Crippen molar-refractivity contribution in [3.63, 3.8) is 0 Å². The number of fused-ring (bicyclic) bond motifs is 2. The Morgan fingerprint density at radius 2 is 2.07 bits per heavy atom. The zero-order valence-corrected chi connectivity index (χ0v) is 16.1. The fourth-order valence-electron chi connectivity index (χ4n) is 3.49. The second kappa shape index (κ2) is 6.98. The number of hydrogen-bond donors (Lipinski definition) is 1. The second-order valence-corrected chi connectivity index (χ2v) is 7.25. The van der Waals surface area contributed by atoms with Crippen LogP contribution in [0.1, 0.15) is 28.5 Å². The molecule has 2 aliphatic rings. The molecule has 1 aromatic heterocycles. The van der Waals surface area contributed by atoms with Crippen molar-refractivity contribution in [2.45, 2.75) is 31.3 Å². The second-order valence-electron chi connectivity index (χ2n) is 7.25. The molecule has 0 bridgehead atoms. The number of carbonyl (C=O) groups excluding carboxylic acids is 2. The Labute approximate surface area is 169 Å². The van der Waals surface area contributed by atoms with Crippen molar-refractivity contribution in [1.29, 1.82) is 0 Å². The van der Waals surface area contributed by atoms with Gasteiger partial charge in [0.2, 0.25) is 0 Å². The predicted octanol–water partition coefficient (Wildman–Crippen LogP) is 2.54. The third-order valence-corrected chi connectivity index (χ3v) is 5.36. The summed E-state index contributed by atoms with van der Waals surface area (Å²) in [5.41, 5.74) is -2.12. The van der Waals surface area contributed by atoms with Gasteiger partial charge in [-0.05, 0) is 25.1 Å². The maximum atomic E-state index is 13.5. The van der Waals surface area contributed by atoms with E-state index in [-0.39, 0.29) is 30.0 Å². The SMILES string of the molecule is CN1C(=O)C(NC(=O)c2cc3c(cn2)CO[C@@]3(C)C(F)(F)F)COc2ccccc21. The average Bonchev–Trinajstić information content (AvgIpc) is 3.02. The number of para-hydroxylation sites is 2. The van der Waals surface area contributed by atoms with E-state index in [1.807, 2.05) is 0 Å². The number of likely N-dealkylation sites (N-methyl/N-ethyl adjacent to an activating group) is 1. The molecule has 2 amide bonds. The summed E-state index contributed by atoms with van der Waals surface area (Å²) in [6.07, 6.45) is -3.47. The van der Waals surface area contributed by atoms with Gasteiger partial charge in [-0.15, -0.1) is 0 Å². The number of amides is 2. The van der Waals surface area contributed by atoms with Gasteiger partial charge in [0.05, 0.1) is 12.3 Å². The number of anilines is 1. The first-order valence-corrected chi connectivity index (χ1v) is 9.12. The van der Waals surface area contributed by atoms with Gasteiger partial charge < -0.3 is 19.7 Å². The number of aromatic nitrogens is 1. The number of rotatable bonds is 2. The molecule has 0 saturated heterocycles. The minimum absolute atomic E-state index is 0.125. The Morgan fingerprint density at radius 1 is 1.33 bits per heavy atom. The third kappa shape index (κ3) is 3.17. The molecule has 10 heteroatoms. The molecule has 1 unspecified atom stereocenters. The first-order valence-electron chi connectivity index (χ1n) is 9.12. The van der Waals surface area contributed by atoms with Crippen molar-refractivity contribution in [3.05, 3.63) is 53.3 Å². The maximum Gasteiger partial charge on any atom is 0.421 e. The molecule has 0 saturated carbocycles. The van der Waals surface area contributed by atoms with Crippen molar-refractivity contribution < 1.29 is 32.2 Å². The summed E-state index contributed by atoms with van der Waals surface area (Å²) in [5, 5.41) is 2.51. The Balaban J connectivity index is 1.57. The molecule has 2 atom stereocenters. The van der Waals surface area contributed by atoms with Crippen LogP contribution in [0.25, 0.3) is 0 Å². The molecule has 0 radical (unpaired) electrons. The van der Waals surface area contributed by atoms with Crippen LogP contribution in [0.2, 0.25) is 0 Å². The van der Waals surface area contributed by atoms with Crippen LogP contribution in [0, 0.1) is 0 Å². The zero-order chi connectivity index (χ0) is 21.7. The first-order chi connectivity index (χ1) is 14.1. The normalized spacial score (nSPS) is 23.3. The first kappa shape index (κ1) is 20.1. The van der Waals surface area contributed by atoms with Crippen molar-refractivity contribution in [3.8, 4) is 5.75 Å². The van der Waals surface area contributed by atoms with Crippen LogP contribution in [0.4, 0.5) is 18.9 Å². The van der Waals surface area contributed by atoms with Crippen molar-refractivity contribution in [1.82, 2.24) is 10.3 Å². The molecule has 1 N–H and O–H groups in total. The van der Waals surface area contributed by atoms with E-state index in [4.69, 9.17) is 9.47 Å². The highest BCUT2D eigenvalue weighted by Gasteiger charge is 2.57. The maximum absolute atomic E-state index is 13.5. The van der Waals surface area contributed by atoms with E-state index < -0.39 is 29.6 Å². The molecule has 0 spiro atoms. The fourth-order valence-corrected chi connectivity index (χ4v) is 3.49. The van der Waals surface area contributed by atoms with E-state index in [0.717, 1.165) is 13.0 Å². The van der Waals surface area contributed by atoms with Gasteiger partial charge in [0.25, 0.3) is 11.8 Å². The lowest BCUT2D eigenvalue weighted by Crippen LogP contribution is -2.49. The molecule has 30 heavy (non-hydrogen) atoms. The van der Waals surface area contributed by atoms with Gasteiger partial charge in [-0.1, -0.05) is 12.1 Å². The number of ether oxygens (including phenoxy) is 2. The van der Waals surface area contributed by atoms with Crippen LogP contribution < -0.4 is 15.0 Å². The van der Waals surface area contributed by atoms with Crippen LogP contribution in [-0.4, -0.2) is 42.7 Å². The van der Waals surface area contributed by atoms with Gasteiger partial charge in [0, 0.05) is 24.4 Å². The van der Waals surface area contributed by atoms with Gasteiger partial charge in [0.15, 0.2) is 5.60 Å². The number of nitrogens with zero attached hydrogens (tertiary/aromatic N) is 2. The summed E-state index contributed by atoms with van der Waals surface area (Å²) in [6, 6.07) is 6.94. The number of pyridine rings is 1. The Kier molecular flexibility index (Phi) is 4.69. The van der Waals surface area contributed by atoms with Gasteiger partial charge in [-0.25, -0.2) is 0 Å². The molecule has 7 nitrogen and oxygen atoms in total. The van der Waals surface area contributed by atoms with E-state index in [9.17, 15) is 22.8 Å². The molecule has 1 aromatic carbocycles. The lowest BCUT2D eigenvalue weighted by molar-refractivity contribution is -0.272. The number of nitrogens with one attached hydrogen (secondary N) is 1. The molecule has 4 rings (SSSR count). The van der Waals surface area contributed by atoms with Gasteiger partial charge in [-0.3, -0.25) is 14.6 Å². The smallest absolute Gasteiger partial charge is 0.421 e. The van der Waals surface area contributed by atoms with Crippen LogP contribution in [0.15, 0.2) is 36.5 Å². The highest BCUT2D eigenvalue weighted by atomic mass is 19.4. The Hall–Kier alpha value is -3.14. The van der Waals surface area contributed by atoms with E-state index >= 15 is 0 Å². The summed E-state index contributed by atoms with van der Waals surface area (Å²) in [5.74, 6) is -0.715. The van der Waals surface area contributed by atoms with Gasteiger partial charge >= 0.3 is 6.18 Å². The summed E-state index contributed by atoms with van der Waals surface area (Å²) in [7, 11) is 1.55. The van der Waals surface area contributed by atoms with Crippen molar-refractivity contribution >= 4 is 17.5 Å². The van der Waals surface area contributed by atoms with Crippen LogP contribution in [-0.2, 0) is 21.7 Å².